The highest BCUT2D eigenvalue weighted by molar-refractivity contribution is 7.98. The van der Waals surface area contributed by atoms with Gasteiger partial charge in [-0.15, -0.1) is 11.8 Å². The van der Waals surface area contributed by atoms with Crippen LogP contribution < -0.4 is 5.32 Å². The molecule has 1 N–H and O–H groups in total. The Morgan fingerprint density at radius 2 is 1.86 bits per heavy atom. The van der Waals surface area contributed by atoms with Crippen LogP contribution in [0.3, 0.4) is 0 Å². The lowest BCUT2D eigenvalue weighted by Crippen LogP contribution is -2.42. The van der Waals surface area contributed by atoms with Gasteiger partial charge >= 0.3 is 0 Å². The van der Waals surface area contributed by atoms with Crippen molar-refractivity contribution in [3.63, 3.8) is 0 Å². The lowest BCUT2D eigenvalue weighted by atomic mass is 9.97. The Bertz CT molecular complexity index is 606. The van der Waals surface area contributed by atoms with Gasteiger partial charge in [-0.05, 0) is 36.8 Å². The maximum absolute atomic E-state index is 12.2. The Hall–Kier alpha value is -1.05. The zero-order valence-electron chi connectivity index (χ0n) is 12.9. The van der Waals surface area contributed by atoms with Gasteiger partial charge in [-0.2, -0.15) is 0 Å². The fourth-order valence-electron chi connectivity index (χ4n) is 2.53. The second-order valence-corrected chi connectivity index (χ2v) is 8.36. The molecule has 2 rings (SSSR count). The van der Waals surface area contributed by atoms with Crippen LogP contribution in [-0.4, -0.2) is 44.2 Å². The summed E-state index contributed by atoms with van der Waals surface area (Å²) in [7, 11) is -3.14. The van der Waals surface area contributed by atoms with E-state index in [1.807, 2.05) is 30.5 Å². The Morgan fingerprint density at radius 3 is 2.36 bits per heavy atom. The first kappa shape index (κ1) is 17.3. The fraction of sp³-hybridized carbons (Fsp3) is 0.533. The summed E-state index contributed by atoms with van der Waals surface area (Å²) in [5.41, 5.74) is 1.07. The number of nitrogens with one attached hydrogen (secondary N) is 1. The van der Waals surface area contributed by atoms with Crippen LogP contribution in [0.4, 0.5) is 0 Å². The molecule has 0 saturated carbocycles. The lowest BCUT2D eigenvalue weighted by Gasteiger charge is -2.29. The molecule has 0 atom stereocenters. The minimum absolute atomic E-state index is 0.0158. The number of amides is 1. The van der Waals surface area contributed by atoms with Crippen LogP contribution >= 0.6 is 11.8 Å². The van der Waals surface area contributed by atoms with E-state index in [9.17, 15) is 13.2 Å². The molecule has 1 fully saturated rings. The van der Waals surface area contributed by atoms with E-state index in [-0.39, 0.29) is 11.8 Å². The Kier molecular flexibility index (Phi) is 5.88. The van der Waals surface area contributed by atoms with Crippen LogP contribution in [0.2, 0.25) is 0 Å². The maximum Gasteiger partial charge on any atom is 0.223 e. The summed E-state index contributed by atoms with van der Waals surface area (Å²) in [6, 6.07) is 8.10. The van der Waals surface area contributed by atoms with Crippen molar-refractivity contribution in [2.24, 2.45) is 5.92 Å². The lowest BCUT2D eigenvalue weighted by molar-refractivity contribution is -0.126. The van der Waals surface area contributed by atoms with E-state index in [1.165, 1.54) is 15.5 Å². The van der Waals surface area contributed by atoms with Crippen LogP contribution in [0, 0.1) is 5.92 Å². The van der Waals surface area contributed by atoms with Crippen molar-refractivity contribution < 1.29 is 13.2 Å². The second kappa shape index (κ2) is 7.48. The van der Waals surface area contributed by atoms with E-state index in [0.717, 1.165) is 5.56 Å². The van der Waals surface area contributed by atoms with E-state index in [1.54, 1.807) is 11.8 Å². The monoisotopic (exact) mass is 342 g/mol. The van der Waals surface area contributed by atoms with E-state index in [4.69, 9.17) is 0 Å². The van der Waals surface area contributed by atoms with Crippen molar-refractivity contribution in [2.45, 2.75) is 24.3 Å². The van der Waals surface area contributed by atoms with E-state index < -0.39 is 10.0 Å². The van der Waals surface area contributed by atoms with E-state index >= 15 is 0 Å². The van der Waals surface area contributed by atoms with Crippen molar-refractivity contribution >= 4 is 27.7 Å². The third kappa shape index (κ3) is 4.72. The molecule has 1 aliphatic heterocycles. The van der Waals surface area contributed by atoms with Gasteiger partial charge in [-0.3, -0.25) is 4.79 Å². The third-order valence-electron chi connectivity index (χ3n) is 3.92. The van der Waals surface area contributed by atoms with Crippen molar-refractivity contribution in [3.8, 4) is 0 Å². The highest BCUT2D eigenvalue weighted by Crippen LogP contribution is 2.19. The first-order valence-electron chi connectivity index (χ1n) is 7.26. The summed E-state index contributed by atoms with van der Waals surface area (Å²) in [5.74, 6) is -0.0782. The molecule has 0 radical (unpaired) electrons. The summed E-state index contributed by atoms with van der Waals surface area (Å²) < 4.78 is 24.3. The van der Waals surface area contributed by atoms with Crippen LogP contribution in [0.15, 0.2) is 29.2 Å². The number of benzene rings is 1. The third-order valence-corrected chi connectivity index (χ3v) is 5.97. The molecule has 1 saturated heterocycles. The van der Waals surface area contributed by atoms with Crippen molar-refractivity contribution in [1.29, 1.82) is 0 Å². The van der Waals surface area contributed by atoms with Crippen LogP contribution in [0.25, 0.3) is 0 Å². The SMILES string of the molecule is CSc1ccc(CNC(=O)C2CCN(S(C)(=O)=O)CC2)cc1. The number of carbonyl (C=O) groups is 1. The molecular weight excluding hydrogens is 320 g/mol. The number of nitrogens with zero attached hydrogens (tertiary/aromatic N) is 1. The minimum atomic E-state index is -3.14. The molecule has 5 nitrogen and oxygen atoms in total. The number of piperidine rings is 1. The number of sulfonamides is 1. The van der Waals surface area contributed by atoms with Crippen LogP contribution in [-0.2, 0) is 21.4 Å². The highest BCUT2D eigenvalue weighted by Gasteiger charge is 2.28. The first-order valence-corrected chi connectivity index (χ1v) is 10.3. The molecule has 1 aromatic rings. The van der Waals surface area contributed by atoms with Gasteiger partial charge in [0.25, 0.3) is 0 Å². The van der Waals surface area contributed by atoms with Gasteiger partial charge in [0.1, 0.15) is 0 Å². The maximum atomic E-state index is 12.2. The second-order valence-electron chi connectivity index (χ2n) is 5.50. The molecule has 0 aliphatic carbocycles. The molecule has 1 aromatic carbocycles. The quantitative estimate of drug-likeness (QED) is 0.827. The molecular formula is C15H22N2O3S2. The molecule has 0 spiro atoms. The summed E-state index contributed by atoms with van der Waals surface area (Å²) in [6.07, 6.45) is 4.42. The number of carbonyl (C=O) groups excluding carboxylic acids is 1. The summed E-state index contributed by atoms with van der Waals surface area (Å²) in [6.45, 7) is 1.37. The highest BCUT2D eigenvalue weighted by atomic mass is 32.2. The topological polar surface area (TPSA) is 66.5 Å². The molecule has 7 heteroatoms. The van der Waals surface area contributed by atoms with Gasteiger partial charge in [-0.25, -0.2) is 12.7 Å². The van der Waals surface area contributed by atoms with E-state index in [2.05, 4.69) is 5.32 Å². The van der Waals surface area contributed by atoms with Gasteiger partial charge in [0, 0.05) is 30.4 Å². The molecule has 1 aliphatic rings. The molecule has 122 valence electrons. The van der Waals surface area contributed by atoms with Crippen molar-refractivity contribution in [3.05, 3.63) is 29.8 Å². The van der Waals surface area contributed by atoms with Gasteiger partial charge in [0.05, 0.1) is 6.26 Å². The van der Waals surface area contributed by atoms with Gasteiger partial charge < -0.3 is 5.32 Å². The van der Waals surface area contributed by atoms with Crippen molar-refractivity contribution in [2.75, 3.05) is 25.6 Å². The molecule has 0 unspecified atom stereocenters. The van der Waals surface area contributed by atoms with Gasteiger partial charge in [0.2, 0.25) is 15.9 Å². The number of thioether (sulfide) groups is 1. The smallest absolute Gasteiger partial charge is 0.223 e. The molecule has 1 amide bonds. The van der Waals surface area contributed by atoms with Crippen molar-refractivity contribution in [1.82, 2.24) is 9.62 Å². The summed E-state index contributed by atoms with van der Waals surface area (Å²) in [4.78, 5) is 13.4. The summed E-state index contributed by atoms with van der Waals surface area (Å²) >= 11 is 1.69. The molecule has 22 heavy (non-hydrogen) atoms. The fourth-order valence-corrected chi connectivity index (χ4v) is 3.81. The van der Waals surface area contributed by atoms with Crippen LogP contribution in [0.5, 0.6) is 0 Å². The number of hydrogen-bond donors (Lipinski definition) is 1. The largest absolute Gasteiger partial charge is 0.352 e. The first-order chi connectivity index (χ1) is 10.4. The Balaban J connectivity index is 1.80. The average molecular weight is 342 g/mol. The minimum Gasteiger partial charge on any atom is -0.352 e. The molecule has 0 aromatic heterocycles. The normalized spacial score (nSPS) is 17.4. The zero-order chi connectivity index (χ0) is 16.2. The molecule has 1 heterocycles. The van der Waals surface area contributed by atoms with Crippen LogP contribution in [0.1, 0.15) is 18.4 Å². The van der Waals surface area contributed by atoms with Gasteiger partial charge in [0.15, 0.2) is 0 Å². The zero-order valence-corrected chi connectivity index (χ0v) is 14.5. The Labute approximate surface area is 136 Å². The van der Waals surface area contributed by atoms with E-state index in [0.29, 0.717) is 32.5 Å². The Morgan fingerprint density at radius 1 is 1.27 bits per heavy atom. The number of rotatable bonds is 5. The predicted octanol–water partition coefficient (Wildman–Crippen LogP) is 1.70. The summed E-state index contributed by atoms with van der Waals surface area (Å²) in [5, 5.41) is 2.95. The standard InChI is InChI=1S/C15H22N2O3S2/c1-21-14-5-3-12(4-6-14)11-16-15(18)13-7-9-17(10-8-13)22(2,19)20/h3-6,13H,7-11H2,1-2H3,(H,16,18). The predicted molar refractivity (Wildman–Crippen MR) is 89.2 cm³/mol. The average Bonchev–Trinajstić information content (AvgIpc) is 2.52. The molecule has 0 bridgehead atoms. The van der Waals surface area contributed by atoms with Gasteiger partial charge in [-0.1, -0.05) is 12.1 Å². The number of hydrogen-bond acceptors (Lipinski definition) is 4.